The summed E-state index contributed by atoms with van der Waals surface area (Å²) in [6.45, 7) is 0. The molecule has 0 aliphatic heterocycles. The number of aryl methyl sites for hydroxylation is 1. The number of nitrogens with zero attached hydrogens (tertiary/aromatic N) is 2. The molecule has 0 spiro atoms. The molecular weight excluding hydrogens is 347 g/mol. The zero-order chi connectivity index (χ0) is 17.3. The minimum Gasteiger partial charge on any atom is -0.478 e. The number of hydrogen-bond donors (Lipinski definition) is 1. The van der Waals surface area contributed by atoms with Crippen molar-refractivity contribution in [1.29, 1.82) is 0 Å². The van der Waals surface area contributed by atoms with Crippen molar-refractivity contribution in [3.05, 3.63) is 75.4 Å². The van der Waals surface area contributed by atoms with E-state index in [1.54, 1.807) is 16.8 Å². The van der Waals surface area contributed by atoms with Gasteiger partial charge >= 0.3 is 5.97 Å². The molecule has 0 aliphatic rings. The number of carboxylic acids is 1. The fourth-order valence-electron chi connectivity index (χ4n) is 2.54. The van der Waals surface area contributed by atoms with Gasteiger partial charge in [0.1, 0.15) is 0 Å². The highest BCUT2D eigenvalue weighted by Gasteiger charge is 2.13. The highest BCUT2D eigenvalue weighted by atomic mass is 35.5. The van der Waals surface area contributed by atoms with Gasteiger partial charge in [0, 0.05) is 24.1 Å². The van der Waals surface area contributed by atoms with Gasteiger partial charge in [-0.15, -0.1) is 0 Å². The number of carbonyl (C=O) groups is 1. The van der Waals surface area contributed by atoms with E-state index < -0.39 is 5.97 Å². The first-order valence-corrected chi connectivity index (χ1v) is 8.00. The van der Waals surface area contributed by atoms with Crippen LogP contribution in [0.25, 0.3) is 11.3 Å². The Kier molecular flexibility index (Phi) is 4.60. The van der Waals surface area contributed by atoms with Gasteiger partial charge in [0.15, 0.2) is 0 Å². The number of rotatable bonds is 4. The number of benzene rings is 2. The summed E-state index contributed by atoms with van der Waals surface area (Å²) in [5, 5.41) is 14.5. The largest absolute Gasteiger partial charge is 0.478 e. The van der Waals surface area contributed by atoms with Crippen LogP contribution in [-0.4, -0.2) is 20.9 Å². The van der Waals surface area contributed by atoms with Crippen molar-refractivity contribution in [3.63, 3.8) is 0 Å². The Morgan fingerprint density at radius 2 is 1.83 bits per heavy atom. The van der Waals surface area contributed by atoms with Crippen LogP contribution in [-0.2, 0) is 13.5 Å². The Morgan fingerprint density at radius 3 is 2.46 bits per heavy atom. The van der Waals surface area contributed by atoms with Crippen LogP contribution in [0.15, 0.2) is 48.5 Å². The summed E-state index contributed by atoms with van der Waals surface area (Å²) in [5.41, 5.74) is 3.81. The monoisotopic (exact) mass is 360 g/mol. The Labute approximate surface area is 149 Å². The lowest BCUT2D eigenvalue weighted by Crippen LogP contribution is -1.99. The Morgan fingerprint density at radius 1 is 1.12 bits per heavy atom. The van der Waals surface area contributed by atoms with Gasteiger partial charge in [-0.25, -0.2) is 4.79 Å². The normalized spacial score (nSPS) is 10.8. The lowest BCUT2D eigenvalue weighted by molar-refractivity contribution is 0.0697. The van der Waals surface area contributed by atoms with Crippen molar-refractivity contribution in [1.82, 2.24) is 9.78 Å². The second kappa shape index (κ2) is 6.67. The molecule has 1 heterocycles. The summed E-state index contributed by atoms with van der Waals surface area (Å²) in [4.78, 5) is 11.1. The third-order valence-corrected chi connectivity index (χ3v) is 4.29. The van der Waals surface area contributed by atoms with Gasteiger partial charge in [-0.1, -0.05) is 41.4 Å². The van der Waals surface area contributed by atoms with Gasteiger partial charge in [0.05, 0.1) is 22.0 Å². The zero-order valence-electron chi connectivity index (χ0n) is 12.8. The number of carboxylic acid groups (broad SMARTS) is 1. The molecule has 3 rings (SSSR count). The first-order valence-electron chi connectivity index (χ1n) is 7.24. The molecule has 0 radical (unpaired) electrons. The summed E-state index contributed by atoms with van der Waals surface area (Å²) in [6.07, 6.45) is 0.686. The quantitative estimate of drug-likeness (QED) is 0.734. The van der Waals surface area contributed by atoms with Crippen LogP contribution in [0.5, 0.6) is 0 Å². The van der Waals surface area contributed by atoms with Gasteiger partial charge in [-0.2, -0.15) is 5.10 Å². The molecule has 6 heteroatoms. The average Bonchev–Trinajstić information content (AvgIpc) is 2.89. The maximum atomic E-state index is 11.1. The van der Waals surface area contributed by atoms with Crippen LogP contribution in [0, 0.1) is 0 Å². The molecule has 0 fully saturated rings. The minimum atomic E-state index is -1.04. The van der Waals surface area contributed by atoms with Crippen LogP contribution >= 0.6 is 23.2 Å². The second-order valence-electron chi connectivity index (χ2n) is 5.45. The SMILES string of the molecule is Cn1nc(Cc2ccc(Cl)cc2)cc1-c1ccc(C(=O)O)c(Cl)c1. The molecule has 2 aromatic carbocycles. The average molecular weight is 361 g/mol. The highest BCUT2D eigenvalue weighted by Crippen LogP contribution is 2.26. The predicted molar refractivity (Wildman–Crippen MR) is 94.9 cm³/mol. The van der Waals surface area contributed by atoms with Crippen LogP contribution in [0.4, 0.5) is 0 Å². The summed E-state index contributed by atoms with van der Waals surface area (Å²) in [7, 11) is 1.85. The predicted octanol–water partition coefficient (Wildman–Crippen LogP) is 4.68. The third-order valence-electron chi connectivity index (χ3n) is 3.72. The molecular formula is C18H14Cl2N2O2. The van der Waals surface area contributed by atoms with E-state index in [0.29, 0.717) is 11.4 Å². The molecule has 24 heavy (non-hydrogen) atoms. The number of halogens is 2. The topological polar surface area (TPSA) is 55.1 Å². The first kappa shape index (κ1) is 16.6. The maximum absolute atomic E-state index is 11.1. The number of aromatic nitrogens is 2. The Bertz CT molecular complexity index is 902. The molecule has 0 atom stereocenters. The summed E-state index contributed by atoms with van der Waals surface area (Å²) in [5.74, 6) is -1.04. The van der Waals surface area contributed by atoms with E-state index in [1.807, 2.05) is 37.4 Å². The third kappa shape index (κ3) is 3.45. The molecule has 0 bridgehead atoms. The summed E-state index contributed by atoms with van der Waals surface area (Å²) in [6, 6.07) is 14.5. The van der Waals surface area contributed by atoms with E-state index in [-0.39, 0.29) is 10.6 Å². The van der Waals surface area contributed by atoms with Crippen LogP contribution in [0.1, 0.15) is 21.6 Å². The molecule has 122 valence electrons. The molecule has 0 saturated carbocycles. The smallest absolute Gasteiger partial charge is 0.337 e. The number of aromatic carboxylic acids is 1. The Hall–Kier alpha value is -2.30. The van der Waals surface area contributed by atoms with Gasteiger partial charge < -0.3 is 5.11 Å². The zero-order valence-corrected chi connectivity index (χ0v) is 14.3. The molecule has 3 aromatic rings. The number of hydrogen-bond acceptors (Lipinski definition) is 2. The second-order valence-corrected chi connectivity index (χ2v) is 6.29. The van der Waals surface area contributed by atoms with E-state index in [0.717, 1.165) is 22.5 Å². The fraction of sp³-hybridized carbons (Fsp3) is 0.111. The fourth-order valence-corrected chi connectivity index (χ4v) is 2.93. The molecule has 1 N–H and O–H groups in total. The summed E-state index contributed by atoms with van der Waals surface area (Å²) < 4.78 is 1.76. The maximum Gasteiger partial charge on any atom is 0.337 e. The van der Waals surface area contributed by atoms with E-state index >= 15 is 0 Å². The molecule has 1 aromatic heterocycles. The van der Waals surface area contributed by atoms with Gasteiger partial charge in [-0.3, -0.25) is 4.68 Å². The van der Waals surface area contributed by atoms with Crippen molar-refractivity contribution in [3.8, 4) is 11.3 Å². The highest BCUT2D eigenvalue weighted by molar-refractivity contribution is 6.33. The van der Waals surface area contributed by atoms with E-state index in [9.17, 15) is 4.79 Å². The van der Waals surface area contributed by atoms with Crippen LogP contribution in [0.3, 0.4) is 0 Å². The molecule has 0 saturated heterocycles. The van der Waals surface area contributed by atoms with Crippen molar-refractivity contribution in [2.75, 3.05) is 0 Å². The van der Waals surface area contributed by atoms with Gasteiger partial charge in [0.25, 0.3) is 0 Å². The van der Waals surface area contributed by atoms with Crippen molar-refractivity contribution >= 4 is 29.2 Å². The standard InChI is InChI=1S/C18H14Cl2N2O2/c1-22-17(12-4-7-15(18(23)24)16(20)9-12)10-14(21-22)8-11-2-5-13(19)6-3-11/h2-7,9-10H,8H2,1H3,(H,23,24). The van der Waals surface area contributed by atoms with Crippen molar-refractivity contribution < 1.29 is 9.90 Å². The lowest BCUT2D eigenvalue weighted by Gasteiger charge is -2.04. The molecule has 0 amide bonds. The van der Waals surface area contributed by atoms with Crippen LogP contribution in [0.2, 0.25) is 10.0 Å². The first-order chi connectivity index (χ1) is 11.4. The van der Waals surface area contributed by atoms with Gasteiger partial charge in [-0.05, 0) is 35.9 Å². The molecule has 0 aliphatic carbocycles. The molecule has 4 nitrogen and oxygen atoms in total. The Balaban J connectivity index is 1.90. The summed E-state index contributed by atoms with van der Waals surface area (Å²) >= 11 is 12.0. The van der Waals surface area contributed by atoms with Crippen LogP contribution < -0.4 is 0 Å². The molecule has 0 unspecified atom stereocenters. The van der Waals surface area contributed by atoms with Gasteiger partial charge in [0.2, 0.25) is 0 Å². The lowest BCUT2D eigenvalue weighted by atomic mass is 10.1. The van der Waals surface area contributed by atoms with E-state index in [1.165, 1.54) is 6.07 Å². The van der Waals surface area contributed by atoms with E-state index in [4.69, 9.17) is 28.3 Å². The van der Waals surface area contributed by atoms with Crippen molar-refractivity contribution in [2.24, 2.45) is 7.05 Å². The van der Waals surface area contributed by atoms with E-state index in [2.05, 4.69) is 5.10 Å². The van der Waals surface area contributed by atoms with Crippen molar-refractivity contribution in [2.45, 2.75) is 6.42 Å². The minimum absolute atomic E-state index is 0.0870.